The van der Waals surface area contributed by atoms with Gasteiger partial charge in [-0.25, -0.2) is 9.97 Å². The van der Waals surface area contributed by atoms with Crippen molar-refractivity contribution in [2.24, 2.45) is 0 Å². The minimum Gasteiger partial charge on any atom is -0.459 e. The summed E-state index contributed by atoms with van der Waals surface area (Å²) < 4.78 is 5.35. The van der Waals surface area contributed by atoms with E-state index in [1.165, 1.54) is 12.4 Å². The molecular formula is C12H10N2O2. The van der Waals surface area contributed by atoms with Gasteiger partial charge in [0.1, 0.15) is 6.61 Å². The van der Waals surface area contributed by atoms with Crippen LogP contribution in [0, 0.1) is 0 Å². The normalized spacial score (nSPS) is 9.75. The molecule has 80 valence electrons. The Kier molecular flexibility index (Phi) is 3.23. The lowest BCUT2D eigenvalue weighted by atomic mass is 10.2. The maximum absolute atomic E-state index is 10.4. The molecule has 1 heterocycles. The van der Waals surface area contributed by atoms with Crippen LogP contribution >= 0.6 is 0 Å². The predicted octanol–water partition coefficient (Wildman–Crippen LogP) is 1.87. The van der Waals surface area contributed by atoms with Gasteiger partial charge < -0.3 is 4.74 Å². The fourth-order valence-electron chi connectivity index (χ4n) is 1.18. The molecule has 4 heteroatoms. The summed E-state index contributed by atoms with van der Waals surface area (Å²) >= 11 is 0. The Labute approximate surface area is 92.9 Å². The highest BCUT2D eigenvalue weighted by Crippen LogP contribution is 2.05. The van der Waals surface area contributed by atoms with Gasteiger partial charge in [0.05, 0.1) is 5.56 Å². The van der Waals surface area contributed by atoms with Crippen LogP contribution in [0.5, 0.6) is 6.01 Å². The lowest BCUT2D eigenvalue weighted by molar-refractivity contribution is 0.112. The molecule has 0 aliphatic rings. The van der Waals surface area contributed by atoms with E-state index >= 15 is 0 Å². The first-order valence-electron chi connectivity index (χ1n) is 4.82. The van der Waals surface area contributed by atoms with E-state index in [2.05, 4.69) is 9.97 Å². The second-order valence-corrected chi connectivity index (χ2v) is 3.19. The maximum Gasteiger partial charge on any atom is 0.316 e. The average Bonchev–Trinajstić information content (AvgIpc) is 2.38. The van der Waals surface area contributed by atoms with Crippen molar-refractivity contribution in [2.75, 3.05) is 0 Å². The van der Waals surface area contributed by atoms with E-state index in [4.69, 9.17) is 4.74 Å². The van der Waals surface area contributed by atoms with Crippen LogP contribution in [0.3, 0.4) is 0 Å². The number of aromatic nitrogens is 2. The van der Waals surface area contributed by atoms with E-state index in [9.17, 15) is 4.79 Å². The number of aldehydes is 1. The molecule has 0 amide bonds. The van der Waals surface area contributed by atoms with E-state index in [0.717, 1.165) is 5.56 Å². The van der Waals surface area contributed by atoms with Crippen molar-refractivity contribution in [3.8, 4) is 6.01 Å². The van der Waals surface area contributed by atoms with Gasteiger partial charge in [0, 0.05) is 12.4 Å². The number of rotatable bonds is 4. The van der Waals surface area contributed by atoms with E-state index in [-0.39, 0.29) is 6.01 Å². The zero-order chi connectivity index (χ0) is 11.2. The highest BCUT2D eigenvalue weighted by molar-refractivity contribution is 5.73. The predicted molar refractivity (Wildman–Crippen MR) is 58.2 cm³/mol. The molecule has 2 aromatic rings. The third-order valence-corrected chi connectivity index (χ3v) is 1.99. The summed E-state index contributed by atoms with van der Waals surface area (Å²) in [5.74, 6) is 0. The third kappa shape index (κ3) is 2.63. The quantitative estimate of drug-likeness (QED) is 0.729. The highest BCUT2D eigenvalue weighted by atomic mass is 16.5. The van der Waals surface area contributed by atoms with Gasteiger partial charge in [-0.1, -0.05) is 30.3 Å². The van der Waals surface area contributed by atoms with Crippen LogP contribution in [0.25, 0.3) is 0 Å². The van der Waals surface area contributed by atoms with Crippen molar-refractivity contribution in [1.82, 2.24) is 9.97 Å². The number of nitrogens with zero attached hydrogens (tertiary/aromatic N) is 2. The maximum atomic E-state index is 10.4. The summed E-state index contributed by atoms with van der Waals surface area (Å²) in [5.41, 5.74) is 1.48. The first-order valence-corrected chi connectivity index (χ1v) is 4.82. The molecule has 0 saturated carbocycles. The van der Waals surface area contributed by atoms with Crippen LogP contribution < -0.4 is 4.74 Å². The topological polar surface area (TPSA) is 52.1 Å². The van der Waals surface area contributed by atoms with Crippen molar-refractivity contribution in [2.45, 2.75) is 6.61 Å². The molecule has 0 unspecified atom stereocenters. The molecule has 0 spiro atoms. The number of hydrogen-bond donors (Lipinski definition) is 0. The Bertz CT molecular complexity index is 454. The zero-order valence-corrected chi connectivity index (χ0v) is 8.54. The molecule has 0 atom stereocenters. The van der Waals surface area contributed by atoms with Gasteiger partial charge in [-0.15, -0.1) is 0 Å². The smallest absolute Gasteiger partial charge is 0.316 e. The second kappa shape index (κ2) is 5.02. The van der Waals surface area contributed by atoms with Crippen LogP contribution in [0.1, 0.15) is 15.9 Å². The fourth-order valence-corrected chi connectivity index (χ4v) is 1.18. The molecule has 0 radical (unpaired) electrons. The lowest BCUT2D eigenvalue weighted by Crippen LogP contribution is -1.99. The molecular weight excluding hydrogens is 204 g/mol. The zero-order valence-electron chi connectivity index (χ0n) is 8.54. The van der Waals surface area contributed by atoms with Gasteiger partial charge in [0.2, 0.25) is 0 Å². The molecule has 0 bridgehead atoms. The summed E-state index contributed by atoms with van der Waals surface area (Å²) in [6.45, 7) is 0.418. The molecule has 2 rings (SSSR count). The molecule has 4 nitrogen and oxygen atoms in total. The Balaban J connectivity index is 1.97. The van der Waals surface area contributed by atoms with Crippen molar-refractivity contribution in [1.29, 1.82) is 0 Å². The Morgan fingerprint density at radius 1 is 1.12 bits per heavy atom. The molecule has 0 fully saturated rings. The van der Waals surface area contributed by atoms with Gasteiger partial charge in [0.15, 0.2) is 6.29 Å². The summed E-state index contributed by atoms with van der Waals surface area (Å²) in [4.78, 5) is 18.2. The molecule has 16 heavy (non-hydrogen) atoms. The van der Waals surface area contributed by atoms with Crippen molar-refractivity contribution < 1.29 is 9.53 Å². The molecule has 0 aliphatic carbocycles. The first-order chi connectivity index (χ1) is 7.88. The SMILES string of the molecule is O=Cc1cnc(OCc2ccccc2)nc1. The highest BCUT2D eigenvalue weighted by Gasteiger charge is 1.98. The van der Waals surface area contributed by atoms with E-state index in [1.807, 2.05) is 30.3 Å². The van der Waals surface area contributed by atoms with Gasteiger partial charge in [-0.05, 0) is 5.56 Å². The standard InChI is InChI=1S/C12H10N2O2/c15-8-11-6-13-12(14-7-11)16-9-10-4-2-1-3-5-10/h1-8H,9H2. The van der Waals surface area contributed by atoms with E-state index in [1.54, 1.807) is 0 Å². The Morgan fingerprint density at radius 2 is 1.81 bits per heavy atom. The molecule has 0 saturated heterocycles. The summed E-state index contributed by atoms with van der Waals surface area (Å²) in [7, 11) is 0. The minimum absolute atomic E-state index is 0.273. The molecule has 1 aromatic heterocycles. The van der Waals surface area contributed by atoms with Crippen molar-refractivity contribution in [3.05, 3.63) is 53.9 Å². The number of carbonyl (C=O) groups excluding carboxylic acids is 1. The van der Waals surface area contributed by atoms with Crippen LogP contribution in [0.4, 0.5) is 0 Å². The number of carbonyl (C=O) groups is 1. The molecule has 0 N–H and O–H groups in total. The van der Waals surface area contributed by atoms with Crippen molar-refractivity contribution >= 4 is 6.29 Å². The summed E-state index contributed by atoms with van der Waals surface area (Å²) in [6, 6.07) is 10.0. The van der Waals surface area contributed by atoms with Crippen LogP contribution in [-0.2, 0) is 6.61 Å². The number of benzene rings is 1. The van der Waals surface area contributed by atoms with Crippen LogP contribution in [0.2, 0.25) is 0 Å². The first kappa shape index (κ1) is 10.3. The van der Waals surface area contributed by atoms with Crippen LogP contribution in [0.15, 0.2) is 42.7 Å². The summed E-state index contributed by atoms with van der Waals surface area (Å²) in [6.07, 6.45) is 3.56. The monoisotopic (exact) mass is 214 g/mol. The Hall–Kier alpha value is -2.23. The van der Waals surface area contributed by atoms with Crippen molar-refractivity contribution in [3.63, 3.8) is 0 Å². The molecule has 0 aliphatic heterocycles. The molecule has 1 aromatic carbocycles. The third-order valence-electron chi connectivity index (χ3n) is 1.99. The van der Waals surface area contributed by atoms with E-state index in [0.29, 0.717) is 18.5 Å². The van der Waals surface area contributed by atoms with Gasteiger partial charge in [-0.3, -0.25) is 4.79 Å². The largest absolute Gasteiger partial charge is 0.459 e. The summed E-state index contributed by atoms with van der Waals surface area (Å²) in [5, 5.41) is 0. The van der Waals surface area contributed by atoms with Gasteiger partial charge in [-0.2, -0.15) is 0 Å². The van der Waals surface area contributed by atoms with Crippen LogP contribution in [-0.4, -0.2) is 16.3 Å². The lowest BCUT2D eigenvalue weighted by Gasteiger charge is -2.03. The fraction of sp³-hybridized carbons (Fsp3) is 0.0833. The second-order valence-electron chi connectivity index (χ2n) is 3.19. The van der Waals surface area contributed by atoms with E-state index < -0.39 is 0 Å². The van der Waals surface area contributed by atoms with Gasteiger partial charge >= 0.3 is 6.01 Å². The average molecular weight is 214 g/mol. The minimum atomic E-state index is 0.273. The number of ether oxygens (including phenoxy) is 1. The Morgan fingerprint density at radius 3 is 2.44 bits per heavy atom. The number of hydrogen-bond acceptors (Lipinski definition) is 4. The van der Waals surface area contributed by atoms with Gasteiger partial charge in [0.25, 0.3) is 0 Å².